The quantitative estimate of drug-likeness (QED) is 0.822. The van der Waals surface area contributed by atoms with Gasteiger partial charge in [0.2, 0.25) is 0 Å². The maximum absolute atomic E-state index is 6.28. The number of benzene rings is 1. The molecule has 2 atom stereocenters. The number of nitrogens with two attached hydrogens (primary N) is 1. The van der Waals surface area contributed by atoms with Crippen molar-refractivity contribution in [3.05, 3.63) is 28.8 Å². The van der Waals surface area contributed by atoms with Crippen LogP contribution in [-0.2, 0) is 0 Å². The van der Waals surface area contributed by atoms with Gasteiger partial charge in [-0.25, -0.2) is 0 Å². The van der Waals surface area contributed by atoms with Crippen LogP contribution in [0.2, 0.25) is 5.02 Å². The summed E-state index contributed by atoms with van der Waals surface area (Å²) in [6.45, 7) is 0. The molecule has 0 amide bonds. The van der Waals surface area contributed by atoms with Crippen molar-refractivity contribution < 1.29 is 0 Å². The molecule has 104 valence electrons. The third kappa shape index (κ3) is 4.01. The molecule has 1 aliphatic rings. The van der Waals surface area contributed by atoms with Gasteiger partial charge in [-0.3, -0.25) is 0 Å². The Bertz CT molecular complexity index is 465. The molecule has 2 nitrogen and oxygen atoms in total. The van der Waals surface area contributed by atoms with Crippen molar-refractivity contribution in [1.29, 1.82) is 0 Å². The predicted octanol–water partition coefficient (Wildman–Crippen LogP) is 4.06. The molecule has 5 heteroatoms. The molecule has 2 unspecified atom stereocenters. The average Bonchev–Trinajstić information content (AvgIpc) is 2.41. The summed E-state index contributed by atoms with van der Waals surface area (Å²) in [6, 6.07) is 6.24. The van der Waals surface area contributed by atoms with Crippen molar-refractivity contribution in [2.24, 2.45) is 5.73 Å². The minimum atomic E-state index is 0.383. The van der Waals surface area contributed by atoms with E-state index >= 15 is 0 Å². The van der Waals surface area contributed by atoms with Gasteiger partial charge in [-0.2, -0.15) is 11.8 Å². The Morgan fingerprint density at radius 1 is 1.47 bits per heavy atom. The van der Waals surface area contributed by atoms with E-state index in [-0.39, 0.29) is 0 Å². The first-order chi connectivity index (χ1) is 9.10. The number of anilines is 1. The summed E-state index contributed by atoms with van der Waals surface area (Å²) < 4.78 is 0. The molecular weight excluding hydrogens is 296 g/mol. The van der Waals surface area contributed by atoms with Gasteiger partial charge in [-0.05, 0) is 43.7 Å². The van der Waals surface area contributed by atoms with Crippen LogP contribution < -0.4 is 11.1 Å². The van der Waals surface area contributed by atoms with Gasteiger partial charge in [-0.15, -0.1) is 0 Å². The third-order valence-corrected chi connectivity index (χ3v) is 5.22. The number of thiocarbonyl (C=S) groups is 1. The first-order valence-electron chi connectivity index (χ1n) is 6.49. The fourth-order valence-electron chi connectivity index (χ4n) is 2.50. The first kappa shape index (κ1) is 14.9. The Kier molecular flexibility index (Phi) is 5.37. The molecule has 0 spiro atoms. The smallest absolute Gasteiger partial charge is 0.104 e. The summed E-state index contributed by atoms with van der Waals surface area (Å²) in [5, 5.41) is 5.01. The number of rotatable bonds is 4. The molecule has 0 heterocycles. The van der Waals surface area contributed by atoms with Crippen molar-refractivity contribution in [3.63, 3.8) is 0 Å². The van der Waals surface area contributed by atoms with Gasteiger partial charge in [0.05, 0.1) is 10.7 Å². The van der Waals surface area contributed by atoms with E-state index in [1.807, 2.05) is 30.0 Å². The van der Waals surface area contributed by atoms with Gasteiger partial charge in [0.25, 0.3) is 0 Å². The molecule has 0 saturated heterocycles. The van der Waals surface area contributed by atoms with Gasteiger partial charge < -0.3 is 11.1 Å². The highest BCUT2D eigenvalue weighted by atomic mass is 35.5. The van der Waals surface area contributed by atoms with E-state index in [0.717, 1.165) is 16.5 Å². The monoisotopic (exact) mass is 314 g/mol. The largest absolute Gasteiger partial charge is 0.389 e. The van der Waals surface area contributed by atoms with Crippen LogP contribution in [0, 0.1) is 0 Å². The van der Waals surface area contributed by atoms with Gasteiger partial charge >= 0.3 is 0 Å². The summed E-state index contributed by atoms with van der Waals surface area (Å²) in [7, 11) is 0. The van der Waals surface area contributed by atoms with Crippen LogP contribution in [0.3, 0.4) is 0 Å². The Labute approximate surface area is 129 Å². The Morgan fingerprint density at radius 2 is 2.26 bits per heavy atom. The maximum atomic E-state index is 6.28. The third-order valence-electron chi connectivity index (χ3n) is 3.57. The molecular formula is C14H19ClN2S2. The molecule has 1 aromatic carbocycles. The fourth-order valence-corrected chi connectivity index (χ4v) is 3.68. The second-order valence-electron chi connectivity index (χ2n) is 4.92. The summed E-state index contributed by atoms with van der Waals surface area (Å²) in [5.74, 6) is 0. The summed E-state index contributed by atoms with van der Waals surface area (Å²) in [5.41, 5.74) is 7.40. The first-order valence-corrected chi connectivity index (χ1v) is 8.56. The highest BCUT2D eigenvalue weighted by Gasteiger charge is 2.21. The maximum Gasteiger partial charge on any atom is 0.104 e. The Hall–Kier alpha value is -0.450. The molecule has 0 aliphatic heterocycles. The molecule has 3 N–H and O–H groups in total. The van der Waals surface area contributed by atoms with Crippen LogP contribution in [0.15, 0.2) is 18.2 Å². The number of hydrogen-bond donors (Lipinski definition) is 2. The zero-order valence-corrected chi connectivity index (χ0v) is 13.4. The standard InChI is InChI=1S/C14H19ClN2S2/c1-19-11-4-2-3-10(8-11)17-13-6-5-9(14(16)18)7-12(13)15/h5-7,10-11,17H,2-4,8H2,1H3,(H2,16,18). The van der Waals surface area contributed by atoms with Crippen LogP contribution in [0.1, 0.15) is 31.2 Å². The van der Waals surface area contributed by atoms with Crippen LogP contribution in [0.5, 0.6) is 0 Å². The molecule has 1 fully saturated rings. The molecule has 1 saturated carbocycles. The zero-order chi connectivity index (χ0) is 13.8. The zero-order valence-electron chi connectivity index (χ0n) is 11.0. The van der Waals surface area contributed by atoms with Gasteiger partial charge in [-0.1, -0.05) is 30.2 Å². The van der Waals surface area contributed by atoms with E-state index in [2.05, 4.69) is 11.6 Å². The number of thioether (sulfide) groups is 1. The van der Waals surface area contributed by atoms with Gasteiger partial charge in [0.1, 0.15) is 4.99 Å². The highest BCUT2D eigenvalue weighted by Crippen LogP contribution is 2.31. The number of halogens is 1. The minimum Gasteiger partial charge on any atom is -0.389 e. The van der Waals surface area contributed by atoms with Crippen LogP contribution in [0.4, 0.5) is 5.69 Å². The minimum absolute atomic E-state index is 0.383. The molecule has 0 radical (unpaired) electrons. The predicted molar refractivity (Wildman–Crippen MR) is 90.5 cm³/mol. The molecule has 0 bridgehead atoms. The van der Waals surface area contributed by atoms with E-state index in [4.69, 9.17) is 29.6 Å². The number of hydrogen-bond acceptors (Lipinski definition) is 3. The summed E-state index contributed by atoms with van der Waals surface area (Å²) >= 11 is 13.2. The second-order valence-corrected chi connectivity index (χ2v) is 6.91. The SMILES string of the molecule is CSC1CCCC(Nc2ccc(C(N)=S)cc2Cl)C1. The molecule has 1 aliphatic carbocycles. The molecule has 0 aromatic heterocycles. The van der Waals surface area contributed by atoms with E-state index in [9.17, 15) is 0 Å². The fraction of sp³-hybridized carbons (Fsp3) is 0.500. The van der Waals surface area contributed by atoms with Crippen molar-refractivity contribution in [2.45, 2.75) is 37.0 Å². The van der Waals surface area contributed by atoms with Crippen LogP contribution in [0.25, 0.3) is 0 Å². The Morgan fingerprint density at radius 3 is 2.89 bits per heavy atom. The van der Waals surface area contributed by atoms with Crippen molar-refractivity contribution in [3.8, 4) is 0 Å². The van der Waals surface area contributed by atoms with E-state index in [1.54, 1.807) is 0 Å². The highest BCUT2D eigenvalue weighted by molar-refractivity contribution is 7.99. The average molecular weight is 315 g/mol. The summed E-state index contributed by atoms with van der Waals surface area (Å²) in [6.07, 6.45) is 7.22. The Balaban J connectivity index is 2.04. The van der Waals surface area contributed by atoms with Crippen LogP contribution in [-0.4, -0.2) is 22.5 Å². The van der Waals surface area contributed by atoms with Crippen molar-refractivity contribution >= 4 is 46.3 Å². The lowest BCUT2D eigenvalue weighted by Gasteiger charge is -2.29. The van der Waals surface area contributed by atoms with Crippen LogP contribution >= 0.6 is 35.6 Å². The van der Waals surface area contributed by atoms with Crippen molar-refractivity contribution in [2.75, 3.05) is 11.6 Å². The molecule has 1 aromatic rings. The van der Waals surface area contributed by atoms with E-state index in [0.29, 0.717) is 16.1 Å². The van der Waals surface area contributed by atoms with Gasteiger partial charge in [0.15, 0.2) is 0 Å². The second kappa shape index (κ2) is 6.82. The molecule has 19 heavy (non-hydrogen) atoms. The lowest BCUT2D eigenvalue weighted by atomic mass is 9.94. The van der Waals surface area contributed by atoms with Crippen molar-refractivity contribution in [1.82, 2.24) is 0 Å². The topological polar surface area (TPSA) is 38.0 Å². The molecule has 2 rings (SSSR count). The lowest BCUT2D eigenvalue weighted by Crippen LogP contribution is -2.28. The number of nitrogens with one attached hydrogen (secondary N) is 1. The van der Waals surface area contributed by atoms with Gasteiger partial charge in [0, 0.05) is 16.9 Å². The van der Waals surface area contributed by atoms with E-state index < -0.39 is 0 Å². The normalized spacial score (nSPS) is 23.1. The summed E-state index contributed by atoms with van der Waals surface area (Å²) in [4.78, 5) is 0.383. The lowest BCUT2D eigenvalue weighted by molar-refractivity contribution is 0.474. The van der Waals surface area contributed by atoms with E-state index in [1.165, 1.54) is 25.7 Å².